The van der Waals surface area contributed by atoms with Crippen LogP contribution < -0.4 is 0 Å². The number of H-pyrrole nitrogens is 1. The van der Waals surface area contributed by atoms with E-state index in [2.05, 4.69) is 15.2 Å². The normalized spacial score (nSPS) is 18.6. The largest absolute Gasteiger partial charge is 0.411 e. The van der Waals surface area contributed by atoms with Gasteiger partial charge in [-0.15, -0.1) is 10.2 Å². The van der Waals surface area contributed by atoms with E-state index < -0.39 is 0 Å². The van der Waals surface area contributed by atoms with Crippen LogP contribution >= 0.6 is 11.8 Å². The number of ether oxygens (including phenoxy) is 1. The number of aromatic amines is 1. The molecule has 1 saturated heterocycles. The summed E-state index contributed by atoms with van der Waals surface area (Å²) in [6.45, 7) is 0.871. The molecule has 3 heterocycles. The van der Waals surface area contributed by atoms with Gasteiger partial charge < -0.3 is 14.1 Å². The Morgan fingerprint density at radius 3 is 3.14 bits per heavy atom. The molecule has 1 N–H and O–H groups in total. The lowest BCUT2D eigenvalue weighted by molar-refractivity contribution is 0.128. The first-order chi connectivity index (χ1) is 10.4. The number of thioether (sulfide) groups is 1. The van der Waals surface area contributed by atoms with E-state index in [1.807, 2.05) is 30.5 Å². The minimum Gasteiger partial charge on any atom is -0.411 e. The van der Waals surface area contributed by atoms with Crippen LogP contribution in [0, 0.1) is 0 Å². The Labute approximate surface area is 126 Å². The van der Waals surface area contributed by atoms with Gasteiger partial charge in [0, 0.05) is 29.5 Å². The van der Waals surface area contributed by atoms with Gasteiger partial charge in [-0.3, -0.25) is 0 Å². The van der Waals surface area contributed by atoms with Crippen molar-refractivity contribution in [2.24, 2.45) is 0 Å². The second-order valence-corrected chi connectivity index (χ2v) is 6.04. The van der Waals surface area contributed by atoms with E-state index >= 15 is 0 Å². The Morgan fingerprint density at radius 2 is 2.24 bits per heavy atom. The average molecular weight is 301 g/mol. The minimum absolute atomic E-state index is 0.318. The molecule has 0 saturated carbocycles. The zero-order valence-corrected chi connectivity index (χ0v) is 12.2. The molecule has 21 heavy (non-hydrogen) atoms. The fourth-order valence-corrected chi connectivity index (χ4v) is 3.39. The highest BCUT2D eigenvalue weighted by atomic mass is 32.2. The van der Waals surface area contributed by atoms with E-state index in [4.69, 9.17) is 9.15 Å². The van der Waals surface area contributed by atoms with Gasteiger partial charge in [-0.2, -0.15) is 0 Å². The highest BCUT2D eigenvalue weighted by molar-refractivity contribution is 7.99. The van der Waals surface area contributed by atoms with Crippen LogP contribution in [0.5, 0.6) is 0 Å². The Hall–Kier alpha value is -1.79. The summed E-state index contributed by atoms with van der Waals surface area (Å²) in [6, 6.07) is 8.08. The molecule has 1 aliphatic heterocycles. The van der Waals surface area contributed by atoms with Gasteiger partial charge in [-0.05, 0) is 18.9 Å². The Bertz CT molecular complexity index is 746. The molecule has 1 aliphatic rings. The molecule has 1 aromatic carbocycles. The average Bonchev–Trinajstić information content (AvgIpc) is 3.25. The van der Waals surface area contributed by atoms with Crippen molar-refractivity contribution < 1.29 is 9.15 Å². The number of para-hydroxylation sites is 1. The van der Waals surface area contributed by atoms with Crippen LogP contribution in [0.4, 0.5) is 0 Å². The number of hydrogen-bond acceptors (Lipinski definition) is 5. The van der Waals surface area contributed by atoms with Crippen molar-refractivity contribution in [1.29, 1.82) is 0 Å². The smallest absolute Gasteiger partial charge is 0.276 e. The molecule has 5 nitrogen and oxygen atoms in total. The fraction of sp³-hybridized carbons (Fsp3) is 0.333. The summed E-state index contributed by atoms with van der Waals surface area (Å²) >= 11 is 1.57. The van der Waals surface area contributed by atoms with Crippen molar-refractivity contribution in [2.75, 3.05) is 12.4 Å². The molecular weight excluding hydrogens is 286 g/mol. The summed E-state index contributed by atoms with van der Waals surface area (Å²) in [6.07, 6.45) is 4.50. The summed E-state index contributed by atoms with van der Waals surface area (Å²) < 4.78 is 11.4. The van der Waals surface area contributed by atoms with Crippen LogP contribution in [0.2, 0.25) is 0 Å². The summed E-state index contributed by atoms with van der Waals surface area (Å²) in [5, 5.41) is 9.97. The second kappa shape index (κ2) is 5.54. The number of rotatable bonds is 4. The van der Waals surface area contributed by atoms with E-state index in [0.29, 0.717) is 17.2 Å². The second-order valence-electron chi connectivity index (χ2n) is 5.07. The van der Waals surface area contributed by atoms with Gasteiger partial charge in [0.25, 0.3) is 11.1 Å². The number of benzene rings is 1. The monoisotopic (exact) mass is 301 g/mol. The molecule has 0 amide bonds. The summed E-state index contributed by atoms with van der Waals surface area (Å²) in [5.74, 6) is 1.43. The van der Waals surface area contributed by atoms with Gasteiger partial charge in [-0.1, -0.05) is 30.0 Å². The quantitative estimate of drug-likeness (QED) is 0.747. The van der Waals surface area contributed by atoms with E-state index in [0.717, 1.165) is 41.7 Å². The molecule has 0 radical (unpaired) electrons. The molecule has 3 aromatic rings. The lowest BCUT2D eigenvalue weighted by Gasteiger charge is -2.05. The third-order valence-corrected chi connectivity index (χ3v) is 4.59. The molecular formula is C15H15N3O2S. The lowest BCUT2D eigenvalue weighted by Crippen LogP contribution is -2.07. The molecule has 108 valence electrons. The van der Waals surface area contributed by atoms with Crippen molar-refractivity contribution >= 4 is 22.7 Å². The van der Waals surface area contributed by atoms with Gasteiger partial charge in [-0.25, -0.2) is 0 Å². The molecule has 0 bridgehead atoms. The van der Waals surface area contributed by atoms with Crippen LogP contribution in [0.3, 0.4) is 0 Å². The van der Waals surface area contributed by atoms with Crippen LogP contribution in [-0.4, -0.2) is 33.6 Å². The number of nitrogens with one attached hydrogen (secondary N) is 1. The number of aromatic nitrogens is 3. The molecule has 0 aliphatic carbocycles. The molecule has 2 aromatic heterocycles. The Morgan fingerprint density at radius 1 is 1.29 bits per heavy atom. The maximum atomic E-state index is 5.76. The number of nitrogens with zero attached hydrogens (tertiary/aromatic N) is 2. The highest BCUT2D eigenvalue weighted by Crippen LogP contribution is 2.30. The van der Waals surface area contributed by atoms with Crippen LogP contribution in [0.25, 0.3) is 22.4 Å². The van der Waals surface area contributed by atoms with E-state index in [-0.39, 0.29) is 0 Å². The third-order valence-electron chi connectivity index (χ3n) is 3.64. The van der Waals surface area contributed by atoms with Gasteiger partial charge in [0.2, 0.25) is 0 Å². The van der Waals surface area contributed by atoms with E-state index in [1.165, 1.54) is 0 Å². The van der Waals surface area contributed by atoms with Crippen LogP contribution in [-0.2, 0) is 4.74 Å². The third kappa shape index (κ3) is 2.56. The first-order valence-corrected chi connectivity index (χ1v) is 8.03. The molecule has 1 fully saturated rings. The van der Waals surface area contributed by atoms with Crippen LogP contribution in [0.15, 0.2) is 40.1 Å². The van der Waals surface area contributed by atoms with Gasteiger partial charge in [0.05, 0.1) is 11.7 Å². The SMILES string of the molecule is c1ccc2c(-c3nnc(SC[C@@H]4CCCO4)o3)c[nH]c2c1. The van der Waals surface area contributed by atoms with E-state index in [9.17, 15) is 0 Å². The first-order valence-electron chi connectivity index (χ1n) is 7.04. The fourth-order valence-electron chi connectivity index (χ4n) is 2.57. The highest BCUT2D eigenvalue weighted by Gasteiger charge is 2.18. The van der Waals surface area contributed by atoms with Gasteiger partial charge in [0.1, 0.15) is 0 Å². The van der Waals surface area contributed by atoms with Crippen molar-refractivity contribution in [3.05, 3.63) is 30.5 Å². The maximum Gasteiger partial charge on any atom is 0.276 e. The topological polar surface area (TPSA) is 63.9 Å². The predicted molar refractivity (Wildman–Crippen MR) is 81.3 cm³/mol. The summed E-state index contributed by atoms with van der Waals surface area (Å²) in [5.41, 5.74) is 2.02. The summed E-state index contributed by atoms with van der Waals surface area (Å²) in [7, 11) is 0. The molecule has 6 heteroatoms. The molecule has 0 unspecified atom stereocenters. The first kappa shape index (κ1) is 12.9. The maximum absolute atomic E-state index is 5.76. The minimum atomic E-state index is 0.318. The summed E-state index contributed by atoms with van der Waals surface area (Å²) in [4.78, 5) is 3.22. The standard InChI is InChI=1S/C15H15N3O2S/c1-2-6-13-11(5-1)12(8-16-13)14-17-18-15(20-14)21-9-10-4-3-7-19-10/h1-2,5-6,8,10,16H,3-4,7,9H2/t10-/m0/s1. The van der Waals surface area contributed by atoms with Gasteiger partial charge in [0.15, 0.2) is 0 Å². The molecule has 0 spiro atoms. The van der Waals surface area contributed by atoms with Crippen molar-refractivity contribution in [1.82, 2.24) is 15.2 Å². The Kier molecular flexibility index (Phi) is 3.40. The molecule has 1 atom stereocenters. The predicted octanol–water partition coefficient (Wildman–Crippen LogP) is 3.49. The molecule has 4 rings (SSSR count). The van der Waals surface area contributed by atoms with Crippen molar-refractivity contribution in [3.63, 3.8) is 0 Å². The van der Waals surface area contributed by atoms with E-state index in [1.54, 1.807) is 11.8 Å². The zero-order chi connectivity index (χ0) is 14.1. The lowest BCUT2D eigenvalue weighted by atomic mass is 10.2. The Balaban J connectivity index is 1.53. The number of hydrogen-bond donors (Lipinski definition) is 1. The van der Waals surface area contributed by atoms with Crippen LogP contribution in [0.1, 0.15) is 12.8 Å². The zero-order valence-electron chi connectivity index (χ0n) is 11.4. The van der Waals surface area contributed by atoms with Gasteiger partial charge >= 0.3 is 0 Å². The van der Waals surface area contributed by atoms with Crippen molar-refractivity contribution in [3.8, 4) is 11.5 Å². The number of fused-ring (bicyclic) bond motifs is 1. The van der Waals surface area contributed by atoms with Crippen molar-refractivity contribution in [2.45, 2.75) is 24.2 Å².